The van der Waals surface area contributed by atoms with Crippen LogP contribution in [0.1, 0.15) is 22.3 Å². The summed E-state index contributed by atoms with van der Waals surface area (Å²) < 4.78 is 39.1. The van der Waals surface area contributed by atoms with E-state index < -0.39 is 11.7 Å². The third-order valence-corrected chi connectivity index (χ3v) is 4.27. The minimum atomic E-state index is -4.49. The molecule has 3 rings (SSSR count). The number of aromatic nitrogens is 1. The first-order valence-electron chi connectivity index (χ1n) is 8.82. The van der Waals surface area contributed by atoms with Crippen LogP contribution in [0.5, 0.6) is 0 Å². The summed E-state index contributed by atoms with van der Waals surface area (Å²) in [6, 6.07) is 13.9. The standard InChI is InChI=1S/C21H17F3N6/c1-12-5-3-8-16(9-12)29-30-18-13(2)17(11-25)19(26)28-20(18)27-15-7-4-6-14(10-15)21(22,23)24/h3-10H,1-2H3,(H3,26,27,28). The van der Waals surface area contributed by atoms with E-state index >= 15 is 0 Å². The van der Waals surface area contributed by atoms with Gasteiger partial charge in [-0.3, -0.25) is 0 Å². The van der Waals surface area contributed by atoms with E-state index in [0.717, 1.165) is 17.7 Å². The molecular weight excluding hydrogens is 393 g/mol. The minimum Gasteiger partial charge on any atom is -0.383 e. The zero-order valence-electron chi connectivity index (χ0n) is 16.1. The summed E-state index contributed by atoms with van der Waals surface area (Å²) in [7, 11) is 0. The Morgan fingerprint density at radius 1 is 1.07 bits per heavy atom. The van der Waals surface area contributed by atoms with Crippen LogP contribution in [0.15, 0.2) is 58.8 Å². The fourth-order valence-corrected chi connectivity index (χ4v) is 2.78. The van der Waals surface area contributed by atoms with E-state index in [-0.39, 0.29) is 28.6 Å². The molecule has 0 fully saturated rings. The first kappa shape index (κ1) is 20.8. The van der Waals surface area contributed by atoms with E-state index in [1.807, 2.05) is 31.2 Å². The normalized spacial score (nSPS) is 11.5. The van der Waals surface area contributed by atoms with Crippen LogP contribution in [0, 0.1) is 25.2 Å². The van der Waals surface area contributed by atoms with Crippen molar-refractivity contribution in [1.82, 2.24) is 4.98 Å². The van der Waals surface area contributed by atoms with Crippen molar-refractivity contribution in [3.05, 3.63) is 70.8 Å². The lowest BCUT2D eigenvalue weighted by atomic mass is 10.1. The van der Waals surface area contributed by atoms with Gasteiger partial charge in [0.15, 0.2) is 5.82 Å². The van der Waals surface area contributed by atoms with Gasteiger partial charge in [0.25, 0.3) is 0 Å². The second-order valence-electron chi connectivity index (χ2n) is 6.55. The van der Waals surface area contributed by atoms with Gasteiger partial charge in [-0.2, -0.15) is 23.5 Å². The van der Waals surface area contributed by atoms with Gasteiger partial charge in [0.2, 0.25) is 0 Å². The van der Waals surface area contributed by atoms with Crippen molar-refractivity contribution in [2.24, 2.45) is 10.2 Å². The number of azo groups is 1. The molecule has 6 nitrogen and oxygen atoms in total. The van der Waals surface area contributed by atoms with Crippen LogP contribution in [0.2, 0.25) is 0 Å². The highest BCUT2D eigenvalue weighted by atomic mass is 19.4. The molecule has 0 unspecified atom stereocenters. The Kier molecular flexibility index (Phi) is 5.69. The maximum Gasteiger partial charge on any atom is 0.416 e. The summed E-state index contributed by atoms with van der Waals surface area (Å²) in [5.41, 5.74) is 7.50. The lowest BCUT2D eigenvalue weighted by Gasteiger charge is -2.14. The lowest BCUT2D eigenvalue weighted by Crippen LogP contribution is -2.06. The van der Waals surface area contributed by atoms with Gasteiger partial charge >= 0.3 is 6.18 Å². The zero-order chi connectivity index (χ0) is 21.9. The number of nitrogen functional groups attached to an aromatic ring is 1. The number of anilines is 3. The third kappa shape index (κ3) is 4.55. The largest absolute Gasteiger partial charge is 0.416 e. The average Bonchev–Trinajstić information content (AvgIpc) is 2.67. The summed E-state index contributed by atoms with van der Waals surface area (Å²) in [5, 5.41) is 20.6. The molecule has 3 N–H and O–H groups in total. The molecule has 0 saturated heterocycles. The number of pyridine rings is 1. The molecule has 1 heterocycles. The molecule has 0 amide bonds. The topological polar surface area (TPSA) is 99.4 Å². The summed E-state index contributed by atoms with van der Waals surface area (Å²) >= 11 is 0. The molecule has 0 aliphatic rings. The number of hydrogen-bond donors (Lipinski definition) is 2. The first-order chi connectivity index (χ1) is 14.2. The molecule has 2 aromatic carbocycles. The number of hydrogen-bond acceptors (Lipinski definition) is 6. The van der Waals surface area contributed by atoms with Crippen molar-refractivity contribution in [2.45, 2.75) is 20.0 Å². The molecule has 9 heteroatoms. The Bertz CT molecular complexity index is 1160. The zero-order valence-corrected chi connectivity index (χ0v) is 16.1. The van der Waals surface area contributed by atoms with E-state index in [1.165, 1.54) is 12.1 Å². The van der Waals surface area contributed by atoms with Gasteiger partial charge in [-0.15, -0.1) is 5.11 Å². The Labute approximate surface area is 170 Å². The van der Waals surface area contributed by atoms with Gasteiger partial charge in [0, 0.05) is 11.3 Å². The Balaban J connectivity index is 2.07. The molecule has 152 valence electrons. The fourth-order valence-electron chi connectivity index (χ4n) is 2.78. The van der Waals surface area contributed by atoms with Gasteiger partial charge in [-0.25, -0.2) is 4.98 Å². The first-order valence-corrected chi connectivity index (χ1v) is 8.82. The number of rotatable bonds is 4. The summed E-state index contributed by atoms with van der Waals surface area (Å²) in [6.07, 6.45) is -4.49. The Morgan fingerprint density at radius 2 is 1.80 bits per heavy atom. The van der Waals surface area contributed by atoms with Gasteiger partial charge in [0.05, 0.1) is 16.8 Å². The molecule has 0 radical (unpaired) electrons. The minimum absolute atomic E-state index is 0.0565. The Morgan fingerprint density at radius 3 is 2.47 bits per heavy atom. The number of nitrogens with one attached hydrogen (secondary N) is 1. The molecule has 0 saturated carbocycles. The second-order valence-corrected chi connectivity index (χ2v) is 6.55. The van der Waals surface area contributed by atoms with E-state index in [4.69, 9.17) is 5.73 Å². The van der Waals surface area contributed by atoms with Crippen molar-refractivity contribution < 1.29 is 13.2 Å². The highest BCUT2D eigenvalue weighted by Gasteiger charge is 2.30. The highest BCUT2D eigenvalue weighted by molar-refractivity contribution is 5.77. The quantitative estimate of drug-likeness (QED) is 0.491. The summed E-state index contributed by atoms with van der Waals surface area (Å²) in [5.74, 6) is 0.0405. The SMILES string of the molecule is Cc1cccc(N=Nc2c(Nc3cccc(C(F)(F)F)c3)nc(N)c(C#N)c2C)c1. The molecule has 0 bridgehead atoms. The van der Waals surface area contributed by atoms with Crippen LogP contribution in [0.25, 0.3) is 0 Å². The molecule has 0 aliphatic heterocycles. The maximum absolute atomic E-state index is 13.0. The number of alkyl halides is 3. The number of nitriles is 1. The van der Waals surface area contributed by atoms with Crippen LogP contribution in [0.4, 0.5) is 41.9 Å². The predicted octanol–water partition coefficient (Wildman–Crippen LogP) is 6.33. The molecular formula is C21H17F3N6. The van der Waals surface area contributed by atoms with Crippen LogP contribution < -0.4 is 11.1 Å². The molecule has 0 spiro atoms. The van der Waals surface area contributed by atoms with Gasteiger partial charge < -0.3 is 11.1 Å². The van der Waals surface area contributed by atoms with Crippen LogP contribution in [-0.2, 0) is 6.18 Å². The van der Waals surface area contributed by atoms with Gasteiger partial charge in [0.1, 0.15) is 17.6 Å². The molecule has 30 heavy (non-hydrogen) atoms. The highest BCUT2D eigenvalue weighted by Crippen LogP contribution is 2.37. The van der Waals surface area contributed by atoms with E-state index in [0.29, 0.717) is 11.3 Å². The van der Waals surface area contributed by atoms with Gasteiger partial charge in [-0.1, -0.05) is 18.2 Å². The molecule has 1 aromatic heterocycles. The van der Waals surface area contributed by atoms with Crippen molar-refractivity contribution in [3.63, 3.8) is 0 Å². The third-order valence-electron chi connectivity index (χ3n) is 4.27. The number of aryl methyl sites for hydroxylation is 1. The number of benzene rings is 2. The summed E-state index contributed by atoms with van der Waals surface area (Å²) in [4.78, 5) is 4.13. The molecule has 0 aliphatic carbocycles. The summed E-state index contributed by atoms with van der Waals surface area (Å²) in [6.45, 7) is 3.53. The van der Waals surface area contributed by atoms with Crippen molar-refractivity contribution in [1.29, 1.82) is 5.26 Å². The smallest absolute Gasteiger partial charge is 0.383 e. The van der Waals surface area contributed by atoms with Crippen LogP contribution >= 0.6 is 0 Å². The van der Waals surface area contributed by atoms with Crippen molar-refractivity contribution in [3.8, 4) is 6.07 Å². The van der Waals surface area contributed by atoms with Gasteiger partial charge in [-0.05, 0) is 49.7 Å². The van der Waals surface area contributed by atoms with Crippen LogP contribution in [0.3, 0.4) is 0 Å². The number of nitrogens with zero attached hydrogens (tertiary/aromatic N) is 4. The number of halogens is 3. The van der Waals surface area contributed by atoms with Crippen LogP contribution in [-0.4, -0.2) is 4.98 Å². The van der Waals surface area contributed by atoms with E-state index in [2.05, 4.69) is 20.5 Å². The van der Waals surface area contributed by atoms with Crippen molar-refractivity contribution >= 4 is 28.7 Å². The average molecular weight is 410 g/mol. The molecule has 0 atom stereocenters. The monoisotopic (exact) mass is 410 g/mol. The second kappa shape index (κ2) is 8.21. The van der Waals surface area contributed by atoms with E-state index in [9.17, 15) is 18.4 Å². The maximum atomic E-state index is 13.0. The fraction of sp³-hybridized carbons (Fsp3) is 0.143. The predicted molar refractivity (Wildman–Crippen MR) is 108 cm³/mol. The molecule has 3 aromatic rings. The van der Waals surface area contributed by atoms with E-state index in [1.54, 1.807) is 13.0 Å². The Hall–Kier alpha value is -3.93. The van der Waals surface area contributed by atoms with Crippen molar-refractivity contribution in [2.75, 3.05) is 11.1 Å². The number of nitrogens with two attached hydrogens (primary N) is 1. The lowest BCUT2D eigenvalue weighted by molar-refractivity contribution is -0.137.